The molecule has 12 heteroatoms. The second kappa shape index (κ2) is 11.9. The van der Waals surface area contributed by atoms with Crippen LogP contribution in [0.4, 0.5) is 10.5 Å². The van der Waals surface area contributed by atoms with Gasteiger partial charge in [0.05, 0.1) is 18.2 Å². The van der Waals surface area contributed by atoms with Gasteiger partial charge in [0.1, 0.15) is 18.2 Å². The summed E-state index contributed by atoms with van der Waals surface area (Å²) < 4.78 is 37.5. The summed E-state index contributed by atoms with van der Waals surface area (Å²) >= 11 is 0. The summed E-state index contributed by atoms with van der Waals surface area (Å²) in [6, 6.07) is 13.0. The van der Waals surface area contributed by atoms with Crippen LogP contribution < -0.4 is 20.1 Å². The van der Waals surface area contributed by atoms with Gasteiger partial charge in [-0.15, -0.1) is 0 Å². The van der Waals surface area contributed by atoms with Gasteiger partial charge in [0.2, 0.25) is 10.0 Å². The van der Waals surface area contributed by atoms with Crippen molar-refractivity contribution in [2.24, 2.45) is 5.73 Å². The number of sulfonamides is 1. The number of hydrogen-bond donors (Lipinski definition) is 4. The third-order valence-corrected chi connectivity index (χ3v) is 7.09. The summed E-state index contributed by atoms with van der Waals surface area (Å²) in [6.07, 6.45) is 0.185. The van der Waals surface area contributed by atoms with Crippen LogP contribution in [0.2, 0.25) is 0 Å². The van der Waals surface area contributed by atoms with Gasteiger partial charge in [-0.2, -0.15) is 0 Å². The number of carboxylic acids is 1. The van der Waals surface area contributed by atoms with Crippen molar-refractivity contribution in [3.05, 3.63) is 59.7 Å². The zero-order chi connectivity index (χ0) is 26.3. The number of benzene rings is 2. The average Bonchev–Trinajstić information content (AvgIpc) is 3.22. The van der Waals surface area contributed by atoms with Crippen molar-refractivity contribution in [3.63, 3.8) is 0 Å². The molecule has 0 aromatic heterocycles. The predicted molar refractivity (Wildman–Crippen MR) is 134 cm³/mol. The van der Waals surface area contributed by atoms with E-state index in [-0.39, 0.29) is 31.3 Å². The first-order valence-corrected chi connectivity index (χ1v) is 13.1. The summed E-state index contributed by atoms with van der Waals surface area (Å²) in [5.41, 5.74) is 7.05. The third kappa shape index (κ3) is 7.18. The molecule has 0 radical (unpaired) electrons. The van der Waals surface area contributed by atoms with Crippen LogP contribution in [-0.4, -0.2) is 63.0 Å². The summed E-state index contributed by atoms with van der Waals surface area (Å²) in [7, 11) is -3.54. The monoisotopic (exact) mass is 518 g/mol. The minimum absolute atomic E-state index is 0.0461. The van der Waals surface area contributed by atoms with E-state index in [0.717, 1.165) is 6.42 Å². The molecule has 1 saturated heterocycles. The van der Waals surface area contributed by atoms with E-state index < -0.39 is 34.1 Å². The molecule has 1 aliphatic heterocycles. The number of ether oxygens (including phenoxy) is 2. The number of nitrogens with zero attached hydrogens (tertiary/aromatic N) is 1. The molecule has 2 aromatic rings. The highest BCUT2D eigenvalue weighted by atomic mass is 32.2. The van der Waals surface area contributed by atoms with Gasteiger partial charge in [0.15, 0.2) is 6.10 Å². The summed E-state index contributed by atoms with van der Waals surface area (Å²) in [6.45, 7) is 1.99. The average molecular weight is 519 g/mol. The van der Waals surface area contributed by atoms with E-state index in [1.807, 2.05) is 6.92 Å². The number of carbonyl (C=O) groups is 2. The van der Waals surface area contributed by atoms with E-state index >= 15 is 0 Å². The van der Waals surface area contributed by atoms with Crippen molar-refractivity contribution in [3.8, 4) is 5.75 Å². The Morgan fingerprint density at radius 2 is 1.92 bits per heavy atom. The number of nitrogen functional groups attached to an aromatic ring is 1. The molecule has 194 valence electrons. The first kappa shape index (κ1) is 27.0. The molecule has 2 unspecified atom stereocenters. The number of carbonyl (C=O) groups excluding carboxylic acids is 1. The molecule has 5 N–H and O–H groups in total. The fourth-order valence-corrected chi connectivity index (χ4v) is 4.82. The van der Waals surface area contributed by atoms with Gasteiger partial charge in [0, 0.05) is 17.8 Å². The van der Waals surface area contributed by atoms with Crippen molar-refractivity contribution in [2.75, 3.05) is 30.3 Å². The smallest absolute Gasteiger partial charge is 0.414 e. The van der Waals surface area contributed by atoms with E-state index in [0.29, 0.717) is 29.0 Å². The molecule has 1 aliphatic rings. The molecule has 0 bridgehead atoms. The number of nitrogens with two attached hydrogens (primary N) is 1. The highest BCUT2D eigenvalue weighted by molar-refractivity contribution is 7.89. The van der Waals surface area contributed by atoms with Crippen molar-refractivity contribution < 1.29 is 32.6 Å². The molecule has 3 rings (SSSR count). The molecular formula is C24H30N4O7S. The van der Waals surface area contributed by atoms with Gasteiger partial charge in [-0.1, -0.05) is 25.5 Å². The molecule has 1 fully saturated rings. The SMILES string of the molecule is CCCCS(=O)(=O)NCC(C(=O)O)c1ccc(OCC2CN(c3ccc(C(=N)N)cc3)C(=O)O2)cc1. The van der Waals surface area contributed by atoms with E-state index in [9.17, 15) is 23.1 Å². The maximum Gasteiger partial charge on any atom is 0.414 e. The number of anilines is 1. The van der Waals surface area contributed by atoms with Gasteiger partial charge >= 0.3 is 12.1 Å². The van der Waals surface area contributed by atoms with E-state index in [2.05, 4.69) is 4.72 Å². The third-order valence-electron chi connectivity index (χ3n) is 5.65. The number of aliphatic carboxylic acids is 1. The Labute approximate surface area is 209 Å². The van der Waals surface area contributed by atoms with Crippen LogP contribution in [-0.2, 0) is 19.6 Å². The van der Waals surface area contributed by atoms with Gasteiger partial charge in [-0.05, 0) is 48.4 Å². The standard InChI is InChI=1S/C24H30N4O7S/c1-2-3-12-36(32,33)27-13-21(23(29)30)16-6-10-19(11-7-16)34-15-20-14-28(24(31)35-20)18-8-4-17(5-9-18)22(25)26/h4-11,20-21,27H,2-3,12-15H2,1H3,(H3,25,26)(H,29,30). The maximum absolute atomic E-state index is 12.3. The molecule has 36 heavy (non-hydrogen) atoms. The number of nitrogens with one attached hydrogen (secondary N) is 2. The van der Waals surface area contributed by atoms with Crippen LogP contribution in [0.15, 0.2) is 48.5 Å². The first-order chi connectivity index (χ1) is 17.1. The van der Waals surface area contributed by atoms with Crippen molar-refractivity contribution in [1.29, 1.82) is 5.41 Å². The minimum Gasteiger partial charge on any atom is -0.490 e. The number of carboxylic acid groups (broad SMARTS) is 1. The Balaban J connectivity index is 1.55. The topological polar surface area (TPSA) is 172 Å². The Hall–Kier alpha value is -3.64. The van der Waals surface area contributed by atoms with Crippen LogP contribution in [0.25, 0.3) is 0 Å². The van der Waals surface area contributed by atoms with E-state index in [1.165, 1.54) is 4.90 Å². The summed E-state index contributed by atoms with van der Waals surface area (Å²) in [4.78, 5) is 25.4. The molecule has 1 heterocycles. The van der Waals surface area contributed by atoms with Crippen molar-refractivity contribution >= 4 is 33.6 Å². The zero-order valence-corrected chi connectivity index (χ0v) is 20.7. The van der Waals surface area contributed by atoms with Crippen LogP contribution >= 0.6 is 0 Å². The summed E-state index contributed by atoms with van der Waals surface area (Å²) in [5.74, 6) is -1.85. The fraction of sp³-hybridized carbons (Fsp3) is 0.375. The molecule has 1 amide bonds. The van der Waals surface area contributed by atoms with Crippen LogP contribution in [0.3, 0.4) is 0 Å². The van der Waals surface area contributed by atoms with Crippen LogP contribution in [0.5, 0.6) is 5.75 Å². The number of unbranched alkanes of at least 4 members (excludes halogenated alkanes) is 1. The van der Waals surface area contributed by atoms with E-state index in [4.69, 9.17) is 20.6 Å². The molecule has 0 spiro atoms. The number of amides is 1. The fourth-order valence-electron chi connectivity index (χ4n) is 3.59. The van der Waals surface area contributed by atoms with Gasteiger partial charge < -0.3 is 20.3 Å². The predicted octanol–water partition coefficient (Wildman–Crippen LogP) is 2.26. The van der Waals surface area contributed by atoms with Crippen LogP contribution in [0.1, 0.15) is 36.8 Å². The highest BCUT2D eigenvalue weighted by Gasteiger charge is 2.33. The lowest BCUT2D eigenvalue weighted by atomic mass is 9.99. The Bertz CT molecular complexity index is 1180. The number of rotatable bonds is 13. The normalized spacial score (nSPS) is 16.4. The largest absolute Gasteiger partial charge is 0.490 e. The minimum atomic E-state index is -3.54. The zero-order valence-electron chi connectivity index (χ0n) is 19.8. The molecule has 2 aromatic carbocycles. The second-order valence-electron chi connectivity index (χ2n) is 8.37. The lowest BCUT2D eigenvalue weighted by Gasteiger charge is -2.15. The Kier molecular flexibility index (Phi) is 8.88. The molecule has 11 nitrogen and oxygen atoms in total. The number of hydrogen-bond acceptors (Lipinski definition) is 7. The molecule has 0 saturated carbocycles. The maximum atomic E-state index is 12.3. The lowest BCUT2D eigenvalue weighted by molar-refractivity contribution is -0.138. The highest BCUT2D eigenvalue weighted by Crippen LogP contribution is 2.24. The van der Waals surface area contributed by atoms with Gasteiger partial charge in [-0.25, -0.2) is 17.9 Å². The Morgan fingerprint density at radius 3 is 2.50 bits per heavy atom. The molecular weight excluding hydrogens is 488 g/mol. The molecule has 0 aliphatic carbocycles. The van der Waals surface area contributed by atoms with Gasteiger partial charge in [-0.3, -0.25) is 15.1 Å². The van der Waals surface area contributed by atoms with Crippen molar-refractivity contribution in [1.82, 2.24) is 4.72 Å². The Morgan fingerprint density at radius 1 is 1.25 bits per heavy atom. The second-order valence-corrected chi connectivity index (χ2v) is 10.3. The number of amidine groups is 1. The summed E-state index contributed by atoms with van der Waals surface area (Å²) in [5, 5.41) is 17.0. The van der Waals surface area contributed by atoms with Crippen LogP contribution in [0, 0.1) is 5.41 Å². The van der Waals surface area contributed by atoms with E-state index in [1.54, 1.807) is 48.5 Å². The molecule has 2 atom stereocenters. The number of cyclic esters (lactones) is 1. The first-order valence-electron chi connectivity index (χ1n) is 11.4. The van der Waals surface area contributed by atoms with Crippen molar-refractivity contribution in [2.45, 2.75) is 31.8 Å². The van der Waals surface area contributed by atoms with Gasteiger partial charge in [0.25, 0.3) is 0 Å². The lowest BCUT2D eigenvalue weighted by Crippen LogP contribution is -2.33. The quantitative estimate of drug-likeness (QED) is 0.231.